The highest BCUT2D eigenvalue weighted by Crippen LogP contribution is 2.33. The van der Waals surface area contributed by atoms with Crippen LogP contribution in [0.4, 0.5) is 0 Å². The van der Waals surface area contributed by atoms with Crippen LogP contribution in [0.5, 0.6) is 0 Å². The second-order valence-electron chi connectivity index (χ2n) is 7.35. The lowest BCUT2D eigenvalue weighted by Crippen LogP contribution is -2.55. The van der Waals surface area contributed by atoms with E-state index in [1.807, 2.05) is 0 Å². The summed E-state index contributed by atoms with van der Waals surface area (Å²) in [6.45, 7) is 1.79. The highest BCUT2D eigenvalue weighted by molar-refractivity contribution is 5.77. The van der Waals surface area contributed by atoms with Crippen molar-refractivity contribution in [3.05, 3.63) is 0 Å². The monoisotopic (exact) mass is 324 g/mol. The molecule has 130 valence electrons. The Hall–Kier alpha value is -1.14. The fraction of sp³-hybridized carbons (Fsp3) is 0.882. The average molecular weight is 324 g/mol. The third-order valence-corrected chi connectivity index (χ3v) is 5.21. The molecule has 0 unspecified atom stereocenters. The lowest BCUT2D eigenvalue weighted by Gasteiger charge is -2.43. The summed E-state index contributed by atoms with van der Waals surface area (Å²) in [4.78, 5) is 25.2. The number of carbonyl (C=O) groups excluding carboxylic acids is 1. The molecule has 1 saturated heterocycles. The average Bonchev–Trinajstić information content (AvgIpc) is 3.26. The van der Waals surface area contributed by atoms with Crippen molar-refractivity contribution in [2.75, 3.05) is 19.7 Å². The van der Waals surface area contributed by atoms with Gasteiger partial charge in [0.1, 0.15) is 0 Å². The molecule has 1 atom stereocenters. The number of nitrogens with one attached hydrogen (secondary N) is 1. The molecule has 2 saturated carbocycles. The molecule has 3 aliphatic rings. The Kier molecular flexibility index (Phi) is 5.54. The Morgan fingerprint density at radius 3 is 2.57 bits per heavy atom. The largest absolute Gasteiger partial charge is 0.480 e. The lowest BCUT2D eigenvalue weighted by atomic mass is 9.85. The number of carboxylic acids is 1. The van der Waals surface area contributed by atoms with Crippen molar-refractivity contribution in [1.29, 1.82) is 0 Å². The Labute approximate surface area is 137 Å². The zero-order valence-electron chi connectivity index (χ0n) is 13.7. The van der Waals surface area contributed by atoms with Gasteiger partial charge in [-0.25, -0.2) is 0 Å². The van der Waals surface area contributed by atoms with Crippen LogP contribution in [0.15, 0.2) is 0 Å². The van der Waals surface area contributed by atoms with Crippen LogP contribution in [0.1, 0.15) is 51.4 Å². The number of hydrogen-bond donors (Lipinski definition) is 2. The van der Waals surface area contributed by atoms with Crippen LogP contribution >= 0.6 is 0 Å². The van der Waals surface area contributed by atoms with Crippen molar-refractivity contribution in [1.82, 2.24) is 10.2 Å². The summed E-state index contributed by atoms with van der Waals surface area (Å²) in [7, 11) is 0. The van der Waals surface area contributed by atoms with Gasteiger partial charge < -0.3 is 15.2 Å². The Morgan fingerprint density at radius 2 is 1.96 bits per heavy atom. The van der Waals surface area contributed by atoms with E-state index in [0.717, 1.165) is 45.3 Å². The van der Waals surface area contributed by atoms with Crippen LogP contribution in [0.3, 0.4) is 0 Å². The molecule has 2 aliphatic carbocycles. The standard InChI is InChI=1S/C17H28N2O4/c20-16(9-15-3-1-2-6-23-15)18-13-7-14(8-13)19(11-17(21)22)10-12-4-5-12/h12-15H,1-11H2,(H,18,20)(H,21,22)/t13?,14?,15-/m0/s1. The predicted molar refractivity (Wildman–Crippen MR) is 85.1 cm³/mol. The van der Waals surface area contributed by atoms with Gasteiger partial charge in [0.2, 0.25) is 5.91 Å². The van der Waals surface area contributed by atoms with Gasteiger partial charge in [-0.15, -0.1) is 0 Å². The van der Waals surface area contributed by atoms with Crippen LogP contribution in [0, 0.1) is 5.92 Å². The van der Waals surface area contributed by atoms with E-state index >= 15 is 0 Å². The quantitative estimate of drug-likeness (QED) is 0.705. The third-order valence-electron chi connectivity index (χ3n) is 5.21. The molecule has 1 aliphatic heterocycles. The summed E-state index contributed by atoms with van der Waals surface area (Å²) in [5.74, 6) is 0.00588. The molecule has 3 rings (SSSR count). The molecule has 6 nitrogen and oxygen atoms in total. The van der Waals surface area contributed by atoms with Crippen LogP contribution in [0.25, 0.3) is 0 Å². The first kappa shape index (κ1) is 16.7. The fourth-order valence-electron chi connectivity index (χ4n) is 3.61. The van der Waals surface area contributed by atoms with Gasteiger partial charge in [-0.05, 0) is 50.9 Å². The zero-order valence-corrected chi connectivity index (χ0v) is 13.7. The molecule has 23 heavy (non-hydrogen) atoms. The second kappa shape index (κ2) is 7.62. The number of rotatable bonds is 8. The first-order valence-electron chi connectivity index (χ1n) is 8.97. The normalized spacial score (nSPS) is 30.7. The van der Waals surface area contributed by atoms with E-state index in [-0.39, 0.29) is 24.6 Å². The number of carboxylic acid groups (broad SMARTS) is 1. The molecular weight excluding hydrogens is 296 g/mol. The molecule has 0 aromatic carbocycles. The van der Waals surface area contributed by atoms with Gasteiger partial charge in [-0.2, -0.15) is 0 Å². The molecule has 1 heterocycles. The van der Waals surface area contributed by atoms with E-state index < -0.39 is 5.97 Å². The van der Waals surface area contributed by atoms with Crippen molar-refractivity contribution < 1.29 is 19.4 Å². The van der Waals surface area contributed by atoms with Gasteiger partial charge in [0.05, 0.1) is 19.1 Å². The highest BCUT2D eigenvalue weighted by Gasteiger charge is 2.37. The number of carbonyl (C=O) groups is 2. The SMILES string of the molecule is O=C(O)CN(CC1CC1)C1CC(NC(=O)C[C@@H]2CCCCO2)C1. The van der Waals surface area contributed by atoms with Gasteiger partial charge in [-0.3, -0.25) is 14.5 Å². The highest BCUT2D eigenvalue weighted by atomic mass is 16.5. The molecular formula is C17H28N2O4. The fourth-order valence-corrected chi connectivity index (χ4v) is 3.61. The first-order chi connectivity index (χ1) is 11.1. The van der Waals surface area contributed by atoms with Crippen LogP contribution in [-0.2, 0) is 14.3 Å². The van der Waals surface area contributed by atoms with Crippen molar-refractivity contribution >= 4 is 11.9 Å². The second-order valence-corrected chi connectivity index (χ2v) is 7.35. The molecule has 3 fully saturated rings. The summed E-state index contributed by atoms with van der Waals surface area (Å²) in [5.41, 5.74) is 0. The summed E-state index contributed by atoms with van der Waals surface area (Å²) in [6.07, 6.45) is 7.97. The minimum absolute atomic E-state index is 0.0762. The smallest absolute Gasteiger partial charge is 0.317 e. The first-order valence-corrected chi connectivity index (χ1v) is 8.97. The van der Waals surface area contributed by atoms with Crippen molar-refractivity contribution in [3.8, 4) is 0 Å². The minimum atomic E-state index is -0.757. The molecule has 0 spiro atoms. The third kappa shape index (κ3) is 5.18. The van der Waals surface area contributed by atoms with Crippen molar-refractivity contribution in [3.63, 3.8) is 0 Å². The lowest BCUT2D eigenvalue weighted by molar-refractivity contribution is -0.140. The molecule has 0 bridgehead atoms. The van der Waals surface area contributed by atoms with Gasteiger partial charge in [-0.1, -0.05) is 0 Å². The molecule has 0 radical (unpaired) electrons. The number of nitrogens with zero attached hydrogens (tertiary/aromatic N) is 1. The molecule has 0 aromatic heterocycles. The number of hydrogen-bond acceptors (Lipinski definition) is 4. The van der Waals surface area contributed by atoms with Crippen LogP contribution in [0.2, 0.25) is 0 Å². The van der Waals surface area contributed by atoms with Crippen LogP contribution < -0.4 is 5.32 Å². The number of ether oxygens (including phenoxy) is 1. The molecule has 1 amide bonds. The Bertz CT molecular complexity index is 426. The number of aliphatic carboxylic acids is 1. The zero-order chi connectivity index (χ0) is 16.2. The van der Waals surface area contributed by atoms with Crippen molar-refractivity contribution in [2.24, 2.45) is 5.92 Å². The summed E-state index contributed by atoms with van der Waals surface area (Å²) in [6, 6.07) is 0.509. The van der Waals surface area contributed by atoms with E-state index in [1.165, 1.54) is 12.8 Å². The maximum absolute atomic E-state index is 12.1. The van der Waals surface area contributed by atoms with Crippen LogP contribution in [-0.4, -0.2) is 59.8 Å². The maximum Gasteiger partial charge on any atom is 0.317 e. The minimum Gasteiger partial charge on any atom is -0.480 e. The summed E-state index contributed by atoms with van der Waals surface area (Å²) >= 11 is 0. The molecule has 2 N–H and O–H groups in total. The van der Waals surface area contributed by atoms with E-state index in [1.54, 1.807) is 0 Å². The summed E-state index contributed by atoms with van der Waals surface area (Å²) < 4.78 is 5.60. The van der Waals surface area contributed by atoms with Gasteiger partial charge >= 0.3 is 5.97 Å². The maximum atomic E-state index is 12.1. The van der Waals surface area contributed by atoms with E-state index in [0.29, 0.717) is 18.4 Å². The Balaban J connectivity index is 1.36. The topological polar surface area (TPSA) is 78.9 Å². The van der Waals surface area contributed by atoms with Gasteiger partial charge in [0.25, 0.3) is 0 Å². The van der Waals surface area contributed by atoms with Gasteiger partial charge in [0.15, 0.2) is 0 Å². The summed E-state index contributed by atoms with van der Waals surface area (Å²) in [5, 5.41) is 12.1. The van der Waals surface area contributed by atoms with Gasteiger partial charge in [0, 0.05) is 25.2 Å². The van der Waals surface area contributed by atoms with Crippen molar-refractivity contribution in [2.45, 2.75) is 69.6 Å². The predicted octanol–water partition coefficient (Wildman–Crippen LogP) is 1.39. The molecule has 0 aromatic rings. The van der Waals surface area contributed by atoms with E-state index in [9.17, 15) is 9.59 Å². The molecule has 6 heteroatoms. The van der Waals surface area contributed by atoms with E-state index in [2.05, 4.69) is 10.2 Å². The van der Waals surface area contributed by atoms with E-state index in [4.69, 9.17) is 9.84 Å². The Morgan fingerprint density at radius 1 is 1.17 bits per heavy atom. The number of amides is 1.